The molecule has 0 aromatic heterocycles. The van der Waals surface area contributed by atoms with Gasteiger partial charge in [0.25, 0.3) is 0 Å². The van der Waals surface area contributed by atoms with Crippen molar-refractivity contribution in [2.24, 2.45) is 10.8 Å². The summed E-state index contributed by atoms with van der Waals surface area (Å²) in [5.41, 5.74) is 11.4. The summed E-state index contributed by atoms with van der Waals surface area (Å²) in [6, 6.07) is 11.8. The quantitative estimate of drug-likeness (QED) is 0.357. The van der Waals surface area contributed by atoms with Crippen LogP contribution in [0.25, 0.3) is 0 Å². The Morgan fingerprint density at radius 1 is 1.12 bits per heavy atom. The topological polar surface area (TPSA) is 63.4 Å². The summed E-state index contributed by atoms with van der Waals surface area (Å²) < 4.78 is 15.3. The number of rotatable bonds is 6. The van der Waals surface area contributed by atoms with Gasteiger partial charge in [-0.25, -0.2) is 4.39 Å². The lowest BCUT2D eigenvalue weighted by Gasteiger charge is -2.38. The molecule has 2 aliphatic heterocycles. The average molecular weight is 504 g/mol. The molecule has 0 spiro atoms. The van der Waals surface area contributed by atoms with Gasteiger partial charge in [-0.1, -0.05) is 17.7 Å². The fourth-order valence-electron chi connectivity index (χ4n) is 4.61. The Morgan fingerprint density at radius 2 is 1.85 bits per heavy atom. The molecule has 1 atom stereocenters. The summed E-state index contributed by atoms with van der Waals surface area (Å²) >= 11 is 11.0. The molecule has 4 rings (SSSR count). The monoisotopic (exact) mass is 503 g/mol. The fourth-order valence-corrected chi connectivity index (χ4v) is 4.85. The Balaban J connectivity index is 1.57. The van der Waals surface area contributed by atoms with Gasteiger partial charge in [0.2, 0.25) is 0 Å². The van der Waals surface area contributed by atoms with Crippen LogP contribution in [0.5, 0.6) is 0 Å². The minimum absolute atomic E-state index is 0.0707. The van der Waals surface area contributed by atoms with Gasteiger partial charge in [-0.3, -0.25) is 5.43 Å². The van der Waals surface area contributed by atoms with Gasteiger partial charge in [0.15, 0.2) is 5.11 Å². The SMILES string of the molecule is CN(C)[C@@H]1CCN(c2cc(N3CCN(c4cccc(Cl)c4)CC3)c(F)cc2C=NNC(N)=S)C1. The molecular formula is C24H31ClFN7S. The van der Waals surface area contributed by atoms with Gasteiger partial charge in [0.05, 0.1) is 11.9 Å². The Labute approximate surface area is 210 Å². The van der Waals surface area contributed by atoms with Crippen LogP contribution in [0.4, 0.5) is 21.5 Å². The number of piperazine rings is 1. The Kier molecular flexibility index (Phi) is 7.75. The van der Waals surface area contributed by atoms with E-state index in [9.17, 15) is 0 Å². The van der Waals surface area contributed by atoms with Crippen molar-refractivity contribution >= 4 is 52.2 Å². The van der Waals surface area contributed by atoms with Crippen molar-refractivity contribution < 1.29 is 4.39 Å². The number of nitrogens with zero attached hydrogens (tertiary/aromatic N) is 5. The molecule has 0 radical (unpaired) electrons. The van der Waals surface area contributed by atoms with Crippen LogP contribution in [0.15, 0.2) is 41.5 Å². The number of nitrogens with one attached hydrogen (secondary N) is 1. The van der Waals surface area contributed by atoms with E-state index in [1.54, 1.807) is 12.3 Å². The van der Waals surface area contributed by atoms with Crippen LogP contribution >= 0.6 is 23.8 Å². The maximum atomic E-state index is 15.3. The van der Waals surface area contributed by atoms with Gasteiger partial charge in [0.1, 0.15) is 5.82 Å². The molecule has 34 heavy (non-hydrogen) atoms. The molecule has 3 N–H and O–H groups in total. The molecule has 2 heterocycles. The predicted molar refractivity (Wildman–Crippen MR) is 144 cm³/mol. The van der Waals surface area contributed by atoms with Crippen molar-refractivity contribution in [1.29, 1.82) is 0 Å². The number of anilines is 3. The molecule has 182 valence electrons. The van der Waals surface area contributed by atoms with Crippen LogP contribution in [-0.4, -0.2) is 75.6 Å². The third-order valence-electron chi connectivity index (χ3n) is 6.50. The van der Waals surface area contributed by atoms with Gasteiger partial charge >= 0.3 is 0 Å². The van der Waals surface area contributed by atoms with Gasteiger partial charge in [-0.15, -0.1) is 0 Å². The van der Waals surface area contributed by atoms with Gasteiger partial charge in [0, 0.05) is 67.3 Å². The van der Waals surface area contributed by atoms with Crippen molar-refractivity contribution in [2.75, 3.05) is 68.1 Å². The second kappa shape index (κ2) is 10.8. The second-order valence-corrected chi connectivity index (χ2v) is 9.78. The van der Waals surface area contributed by atoms with Gasteiger partial charge < -0.3 is 25.3 Å². The number of hydrogen-bond donors (Lipinski definition) is 2. The zero-order chi connectivity index (χ0) is 24.2. The van der Waals surface area contributed by atoms with Crippen LogP contribution in [-0.2, 0) is 0 Å². The molecule has 2 aliphatic rings. The minimum atomic E-state index is -0.264. The first-order valence-corrected chi connectivity index (χ1v) is 12.2. The van der Waals surface area contributed by atoms with Crippen LogP contribution in [0.3, 0.4) is 0 Å². The van der Waals surface area contributed by atoms with E-state index in [4.69, 9.17) is 29.6 Å². The first kappa shape index (κ1) is 24.5. The third kappa shape index (κ3) is 5.71. The van der Waals surface area contributed by atoms with Crippen molar-refractivity contribution in [2.45, 2.75) is 12.5 Å². The van der Waals surface area contributed by atoms with E-state index in [0.29, 0.717) is 17.3 Å². The number of benzene rings is 2. The standard InChI is InChI=1S/C24H31ClFN7S/c1-30(2)20-6-7-33(16-20)22-14-23(21(26)12-17(22)15-28-29-24(27)34)32-10-8-31(9-11-32)19-5-3-4-18(25)13-19/h3-5,12-15,20H,6-11,16H2,1-2H3,(H3,27,29,34)/t20-/m1/s1. The van der Waals surface area contributed by atoms with Gasteiger partial charge in [-0.2, -0.15) is 5.10 Å². The lowest BCUT2D eigenvalue weighted by atomic mass is 10.1. The van der Waals surface area contributed by atoms with Crippen LogP contribution in [0, 0.1) is 5.82 Å². The highest BCUT2D eigenvalue weighted by atomic mass is 35.5. The summed E-state index contributed by atoms with van der Waals surface area (Å²) in [5, 5.41) is 4.88. The Bertz CT molecular complexity index is 1060. The molecule has 10 heteroatoms. The van der Waals surface area contributed by atoms with E-state index in [2.05, 4.69) is 50.3 Å². The maximum absolute atomic E-state index is 15.3. The van der Waals surface area contributed by atoms with Crippen molar-refractivity contribution in [1.82, 2.24) is 10.3 Å². The number of hydrazone groups is 1. The molecule has 2 aromatic carbocycles. The number of likely N-dealkylation sites (N-methyl/N-ethyl adjacent to an activating group) is 1. The van der Waals surface area contributed by atoms with Crippen molar-refractivity contribution in [3.8, 4) is 0 Å². The Hall–Kier alpha value is -2.62. The molecular weight excluding hydrogens is 473 g/mol. The summed E-state index contributed by atoms with van der Waals surface area (Å²) in [6.45, 7) is 4.81. The summed E-state index contributed by atoms with van der Waals surface area (Å²) in [5.74, 6) is -0.264. The van der Waals surface area contributed by atoms with Crippen LogP contribution in [0.1, 0.15) is 12.0 Å². The van der Waals surface area contributed by atoms with Crippen molar-refractivity contribution in [3.05, 3.63) is 52.8 Å². The van der Waals surface area contributed by atoms with Crippen molar-refractivity contribution in [3.63, 3.8) is 0 Å². The molecule has 0 unspecified atom stereocenters. The lowest BCUT2D eigenvalue weighted by Crippen LogP contribution is -2.47. The highest BCUT2D eigenvalue weighted by Gasteiger charge is 2.28. The molecule has 2 aromatic rings. The molecule has 0 aliphatic carbocycles. The molecule has 0 bridgehead atoms. The van der Waals surface area contributed by atoms with Crippen LogP contribution in [0.2, 0.25) is 5.02 Å². The average Bonchev–Trinajstić information content (AvgIpc) is 3.30. The number of hydrogen-bond acceptors (Lipinski definition) is 6. The summed E-state index contributed by atoms with van der Waals surface area (Å²) in [4.78, 5) is 8.94. The molecule has 0 saturated carbocycles. The maximum Gasteiger partial charge on any atom is 0.184 e. The minimum Gasteiger partial charge on any atom is -0.375 e. The van der Waals surface area contributed by atoms with Gasteiger partial charge in [-0.05, 0) is 63.1 Å². The summed E-state index contributed by atoms with van der Waals surface area (Å²) in [7, 11) is 4.19. The normalized spacial score (nSPS) is 18.9. The van der Waals surface area contributed by atoms with E-state index in [1.165, 1.54) is 0 Å². The molecule has 7 nitrogen and oxygen atoms in total. The molecule has 2 fully saturated rings. The van der Waals surface area contributed by atoms with E-state index >= 15 is 4.39 Å². The predicted octanol–water partition coefficient (Wildman–Crippen LogP) is 3.11. The largest absolute Gasteiger partial charge is 0.375 e. The number of halogens is 2. The Morgan fingerprint density at radius 3 is 2.50 bits per heavy atom. The number of thiocarbonyl (C=S) groups is 1. The van der Waals surface area contributed by atoms with Crippen LogP contribution < -0.4 is 25.9 Å². The first-order chi connectivity index (χ1) is 16.3. The van der Waals surface area contributed by atoms with E-state index in [0.717, 1.165) is 62.1 Å². The smallest absolute Gasteiger partial charge is 0.184 e. The molecule has 2 saturated heterocycles. The zero-order valence-corrected chi connectivity index (χ0v) is 21.1. The van der Waals surface area contributed by atoms with E-state index in [1.807, 2.05) is 24.3 Å². The highest BCUT2D eigenvalue weighted by molar-refractivity contribution is 7.80. The number of nitrogens with two attached hydrogens (primary N) is 1. The zero-order valence-electron chi connectivity index (χ0n) is 19.5. The molecule has 0 amide bonds. The second-order valence-electron chi connectivity index (χ2n) is 8.90. The summed E-state index contributed by atoms with van der Waals surface area (Å²) in [6.07, 6.45) is 2.64. The first-order valence-electron chi connectivity index (χ1n) is 11.4. The van der Waals surface area contributed by atoms with E-state index in [-0.39, 0.29) is 10.9 Å². The lowest BCUT2D eigenvalue weighted by molar-refractivity contribution is 0.315. The fraction of sp³-hybridized carbons (Fsp3) is 0.417. The third-order valence-corrected chi connectivity index (χ3v) is 6.83. The van der Waals surface area contributed by atoms with E-state index < -0.39 is 0 Å². The highest BCUT2D eigenvalue weighted by Crippen LogP contribution is 2.33.